The number of allylic oxidation sites excluding steroid dienone is 2. The largest absolute Gasteiger partial charge is 0.394 e. The van der Waals surface area contributed by atoms with Gasteiger partial charge in [-0.25, -0.2) is 0 Å². The number of fused-ring (bicyclic) bond motifs is 5. The second-order valence-electron chi connectivity index (χ2n) is 21.8. The van der Waals surface area contributed by atoms with Crippen LogP contribution in [0.2, 0.25) is 0 Å². The normalized spacial score (nSPS) is 54.6. The molecule has 4 aliphatic carbocycles. The fourth-order valence-electron chi connectivity index (χ4n) is 14.2. The first-order valence-electron chi connectivity index (χ1n) is 24.5. The van der Waals surface area contributed by atoms with Gasteiger partial charge in [0.15, 0.2) is 18.9 Å². The van der Waals surface area contributed by atoms with Crippen LogP contribution >= 0.6 is 0 Å². The number of hydrogen-bond acceptors (Lipinski definition) is 19. The van der Waals surface area contributed by atoms with E-state index in [1.54, 1.807) is 0 Å². The predicted molar refractivity (Wildman–Crippen MR) is 228 cm³/mol. The standard InChI is InChI=1S/C47H78O19/c1-6-21-14-28(66-47(21,5)19-60-42-39(58)36(55)33(52)29(16-48)62-42)20(2)32-27(51)15-26-24-8-7-22-13-23(9-11-45(22,3)25(24)10-12-46(26,32)4)61-44-41(38(57)35(54)31(18-50)64-44)65-43-40(59)37(56)34(53)30(17-49)63-43/h8,20-23,25-44,48-59H,6-7,9-19H2,1-5H3. The lowest BCUT2D eigenvalue weighted by molar-refractivity contribution is -0.373. The number of aliphatic hydroxyl groups is 12. The maximum absolute atomic E-state index is 12.0. The van der Waals surface area contributed by atoms with Gasteiger partial charge >= 0.3 is 0 Å². The molecule has 8 aliphatic rings. The summed E-state index contributed by atoms with van der Waals surface area (Å²) in [5, 5.41) is 126. The van der Waals surface area contributed by atoms with E-state index in [1.165, 1.54) is 5.57 Å². The van der Waals surface area contributed by atoms with Crippen LogP contribution in [0.25, 0.3) is 0 Å². The number of rotatable bonds is 13. The second kappa shape index (κ2) is 19.9. The van der Waals surface area contributed by atoms with Crippen molar-refractivity contribution < 1.29 is 94.4 Å². The van der Waals surface area contributed by atoms with Crippen LogP contribution in [0.15, 0.2) is 11.6 Å². The van der Waals surface area contributed by atoms with Gasteiger partial charge < -0.3 is 94.4 Å². The molecule has 380 valence electrons. The molecule has 0 aromatic carbocycles. The van der Waals surface area contributed by atoms with Crippen LogP contribution in [0.4, 0.5) is 0 Å². The summed E-state index contributed by atoms with van der Waals surface area (Å²) in [5.41, 5.74) is 0.437. The first kappa shape index (κ1) is 51.3. The highest BCUT2D eigenvalue weighted by Crippen LogP contribution is 2.67. The van der Waals surface area contributed by atoms with Crippen LogP contribution in [0, 0.1) is 46.3 Å². The Morgan fingerprint density at radius 3 is 1.85 bits per heavy atom. The molecular formula is C47H78O19. The summed E-state index contributed by atoms with van der Waals surface area (Å²) in [6.45, 7) is 9.21. The highest BCUT2D eigenvalue weighted by molar-refractivity contribution is 5.29. The molecule has 27 unspecified atom stereocenters. The van der Waals surface area contributed by atoms with Gasteiger partial charge in [0.05, 0.1) is 50.3 Å². The summed E-state index contributed by atoms with van der Waals surface area (Å²) < 4.78 is 42.6. The summed E-state index contributed by atoms with van der Waals surface area (Å²) in [4.78, 5) is 0. The SMILES string of the molecule is CCC1CC(C(C)C2C(O)CC3C4=CCC5CC(OC6OC(CO)C(O)C(O)C6OC6OC(CO)C(O)C(O)C6O)CCC5(C)C4CCC32C)OC1(C)COC1OC(CO)C(O)C(O)C1O. The lowest BCUT2D eigenvalue weighted by Gasteiger charge is -2.58. The average molecular weight is 947 g/mol. The van der Waals surface area contributed by atoms with E-state index in [9.17, 15) is 61.3 Å². The Labute approximate surface area is 386 Å². The molecule has 66 heavy (non-hydrogen) atoms. The van der Waals surface area contributed by atoms with Gasteiger partial charge in [-0.3, -0.25) is 0 Å². The van der Waals surface area contributed by atoms with Crippen molar-refractivity contribution in [2.45, 2.75) is 208 Å². The molecule has 0 bridgehead atoms. The van der Waals surface area contributed by atoms with Crippen molar-refractivity contribution in [3.05, 3.63) is 11.6 Å². The van der Waals surface area contributed by atoms with E-state index in [0.29, 0.717) is 25.2 Å². The van der Waals surface area contributed by atoms with Crippen molar-refractivity contribution in [3.63, 3.8) is 0 Å². The topological polar surface area (TPSA) is 307 Å². The Hall–Kier alpha value is -1.02. The number of aliphatic hydroxyl groups excluding tert-OH is 12. The lowest BCUT2D eigenvalue weighted by atomic mass is 9.47. The quantitative estimate of drug-likeness (QED) is 0.0943. The molecule has 4 heterocycles. The molecule has 0 radical (unpaired) electrons. The van der Waals surface area contributed by atoms with Crippen LogP contribution in [-0.2, 0) is 33.2 Å². The molecule has 3 saturated carbocycles. The molecule has 12 N–H and O–H groups in total. The molecule has 7 fully saturated rings. The Morgan fingerprint density at radius 1 is 0.652 bits per heavy atom. The van der Waals surface area contributed by atoms with E-state index in [0.717, 1.165) is 38.5 Å². The third kappa shape index (κ3) is 8.89. The van der Waals surface area contributed by atoms with E-state index in [2.05, 4.69) is 33.8 Å². The van der Waals surface area contributed by atoms with Gasteiger partial charge in [-0.1, -0.05) is 45.8 Å². The molecule has 0 amide bonds. The molecule has 0 spiro atoms. The molecule has 4 saturated heterocycles. The van der Waals surface area contributed by atoms with Crippen molar-refractivity contribution in [2.75, 3.05) is 26.4 Å². The molecule has 27 atom stereocenters. The van der Waals surface area contributed by atoms with Crippen molar-refractivity contribution in [1.29, 1.82) is 0 Å². The fourth-order valence-corrected chi connectivity index (χ4v) is 14.2. The van der Waals surface area contributed by atoms with Gasteiger partial charge in [0.1, 0.15) is 73.2 Å². The Morgan fingerprint density at radius 2 is 1.23 bits per heavy atom. The van der Waals surface area contributed by atoms with Crippen LogP contribution in [-0.4, -0.2) is 204 Å². The van der Waals surface area contributed by atoms with E-state index < -0.39 is 124 Å². The zero-order valence-electron chi connectivity index (χ0n) is 38.9. The number of ether oxygens (including phenoxy) is 7. The molecule has 19 heteroatoms. The predicted octanol–water partition coefficient (Wildman–Crippen LogP) is -1.43. The van der Waals surface area contributed by atoms with Gasteiger partial charge in [-0.2, -0.15) is 0 Å². The maximum atomic E-state index is 12.0. The Bertz CT molecular complexity index is 1670. The van der Waals surface area contributed by atoms with Crippen molar-refractivity contribution in [3.8, 4) is 0 Å². The smallest absolute Gasteiger partial charge is 0.187 e. The minimum atomic E-state index is -1.76. The van der Waals surface area contributed by atoms with Crippen molar-refractivity contribution in [2.24, 2.45) is 46.3 Å². The van der Waals surface area contributed by atoms with Gasteiger partial charge in [0.25, 0.3) is 0 Å². The van der Waals surface area contributed by atoms with E-state index in [-0.39, 0.29) is 59.2 Å². The zero-order valence-corrected chi connectivity index (χ0v) is 38.9. The van der Waals surface area contributed by atoms with E-state index in [1.807, 2.05) is 6.92 Å². The molecular weight excluding hydrogens is 868 g/mol. The van der Waals surface area contributed by atoms with E-state index in [4.69, 9.17) is 33.2 Å². The van der Waals surface area contributed by atoms with Crippen LogP contribution in [0.3, 0.4) is 0 Å². The summed E-state index contributed by atoms with van der Waals surface area (Å²) >= 11 is 0. The molecule has 0 aromatic heterocycles. The monoisotopic (exact) mass is 947 g/mol. The lowest BCUT2D eigenvalue weighted by Crippen LogP contribution is -2.65. The first-order chi connectivity index (χ1) is 31.2. The average Bonchev–Trinajstić information content (AvgIpc) is 3.79. The minimum absolute atomic E-state index is 0.00961. The third-order valence-corrected chi connectivity index (χ3v) is 18.3. The van der Waals surface area contributed by atoms with Crippen molar-refractivity contribution >= 4 is 0 Å². The Kier molecular flexibility index (Phi) is 15.5. The summed E-state index contributed by atoms with van der Waals surface area (Å²) in [6.07, 6.45) is -13.6. The third-order valence-electron chi connectivity index (χ3n) is 18.3. The number of hydrogen-bond donors (Lipinski definition) is 12. The maximum Gasteiger partial charge on any atom is 0.187 e. The molecule has 8 rings (SSSR count). The van der Waals surface area contributed by atoms with Gasteiger partial charge in [-0.15, -0.1) is 0 Å². The molecule has 0 aromatic rings. The summed E-state index contributed by atoms with van der Waals surface area (Å²) in [7, 11) is 0. The zero-order chi connectivity index (χ0) is 47.8. The van der Waals surface area contributed by atoms with Crippen LogP contribution in [0.5, 0.6) is 0 Å². The Balaban J connectivity index is 0.928. The van der Waals surface area contributed by atoms with Crippen LogP contribution in [0.1, 0.15) is 92.4 Å². The van der Waals surface area contributed by atoms with Crippen LogP contribution < -0.4 is 0 Å². The fraction of sp³-hybridized carbons (Fsp3) is 0.957. The van der Waals surface area contributed by atoms with Gasteiger partial charge in [-0.05, 0) is 105 Å². The second-order valence-corrected chi connectivity index (χ2v) is 21.8. The minimum Gasteiger partial charge on any atom is -0.394 e. The van der Waals surface area contributed by atoms with Gasteiger partial charge in [0.2, 0.25) is 0 Å². The molecule has 19 nitrogen and oxygen atoms in total. The summed E-state index contributed by atoms with van der Waals surface area (Å²) in [6, 6.07) is 0. The summed E-state index contributed by atoms with van der Waals surface area (Å²) in [5.74, 6) is 0.803. The highest BCUT2D eigenvalue weighted by Gasteiger charge is 2.63. The first-order valence-corrected chi connectivity index (χ1v) is 24.5. The van der Waals surface area contributed by atoms with E-state index >= 15 is 0 Å². The highest BCUT2D eigenvalue weighted by atomic mass is 16.8. The molecule has 4 aliphatic heterocycles. The van der Waals surface area contributed by atoms with Gasteiger partial charge in [0, 0.05) is 0 Å². The van der Waals surface area contributed by atoms with Crippen molar-refractivity contribution in [1.82, 2.24) is 0 Å².